The standard InChI is InChI=1S/C11H15FN2O2S.ClH/c1-9-2-3-10(12)8-11(9)17(15,16)14-6-4-13-5-7-14;/h2-3,8,13H,4-7H2,1H3;1H. The molecule has 102 valence electrons. The molecule has 0 radical (unpaired) electrons. The molecule has 0 unspecified atom stereocenters. The summed E-state index contributed by atoms with van der Waals surface area (Å²) in [6, 6.07) is 3.85. The summed E-state index contributed by atoms with van der Waals surface area (Å²) >= 11 is 0. The van der Waals surface area contributed by atoms with Gasteiger partial charge < -0.3 is 5.32 Å². The molecule has 0 aromatic heterocycles. The predicted molar refractivity (Wildman–Crippen MR) is 70.0 cm³/mol. The first-order valence-corrected chi connectivity index (χ1v) is 6.93. The minimum Gasteiger partial charge on any atom is -0.314 e. The Kier molecular flexibility index (Phi) is 5.10. The van der Waals surface area contributed by atoms with Gasteiger partial charge in [-0.2, -0.15) is 4.31 Å². The fraction of sp³-hybridized carbons (Fsp3) is 0.455. The predicted octanol–water partition coefficient (Wildman–Crippen LogP) is 1.15. The number of halogens is 2. The summed E-state index contributed by atoms with van der Waals surface area (Å²) in [6.45, 7) is 3.80. The molecule has 0 atom stereocenters. The van der Waals surface area contributed by atoms with Gasteiger partial charge in [0.2, 0.25) is 10.0 Å². The van der Waals surface area contributed by atoms with Crippen LogP contribution in [0.3, 0.4) is 0 Å². The largest absolute Gasteiger partial charge is 0.314 e. The second kappa shape index (κ2) is 5.97. The second-order valence-corrected chi connectivity index (χ2v) is 5.97. The van der Waals surface area contributed by atoms with Crippen LogP contribution in [0.2, 0.25) is 0 Å². The molecule has 0 aliphatic carbocycles. The zero-order chi connectivity index (χ0) is 12.5. The lowest BCUT2D eigenvalue weighted by molar-refractivity contribution is 0.360. The number of nitrogens with zero attached hydrogens (tertiary/aromatic N) is 1. The Morgan fingerprint density at radius 3 is 2.50 bits per heavy atom. The minimum absolute atomic E-state index is 0. The maximum atomic E-state index is 13.1. The molecule has 0 saturated carbocycles. The lowest BCUT2D eigenvalue weighted by atomic mass is 10.2. The van der Waals surface area contributed by atoms with Gasteiger partial charge in [-0.15, -0.1) is 12.4 Å². The molecule has 1 N–H and O–H groups in total. The summed E-state index contributed by atoms with van der Waals surface area (Å²) < 4.78 is 39.1. The van der Waals surface area contributed by atoms with Crippen molar-refractivity contribution < 1.29 is 12.8 Å². The van der Waals surface area contributed by atoms with E-state index in [-0.39, 0.29) is 17.3 Å². The van der Waals surface area contributed by atoms with E-state index in [1.807, 2.05) is 0 Å². The van der Waals surface area contributed by atoms with Crippen LogP contribution in [0, 0.1) is 12.7 Å². The van der Waals surface area contributed by atoms with E-state index in [4.69, 9.17) is 0 Å². The number of hydrogen-bond donors (Lipinski definition) is 1. The third kappa shape index (κ3) is 3.00. The summed E-state index contributed by atoms with van der Waals surface area (Å²) in [5.74, 6) is -0.524. The number of benzene rings is 1. The number of piperazine rings is 1. The smallest absolute Gasteiger partial charge is 0.243 e. The molecule has 1 aliphatic rings. The van der Waals surface area contributed by atoms with E-state index < -0.39 is 15.8 Å². The fourth-order valence-electron chi connectivity index (χ4n) is 1.88. The Morgan fingerprint density at radius 2 is 1.89 bits per heavy atom. The normalized spacial score (nSPS) is 17.2. The van der Waals surface area contributed by atoms with Gasteiger partial charge >= 0.3 is 0 Å². The Hall–Kier alpha value is -0.690. The molecule has 7 heteroatoms. The summed E-state index contributed by atoms with van der Waals surface area (Å²) in [5, 5.41) is 3.08. The highest BCUT2D eigenvalue weighted by atomic mass is 35.5. The number of nitrogens with one attached hydrogen (secondary N) is 1. The third-order valence-corrected chi connectivity index (χ3v) is 4.88. The van der Waals surface area contributed by atoms with Crippen LogP contribution in [0.4, 0.5) is 4.39 Å². The third-order valence-electron chi connectivity index (χ3n) is 2.84. The first kappa shape index (κ1) is 15.4. The topological polar surface area (TPSA) is 49.4 Å². The molecule has 1 saturated heterocycles. The average molecular weight is 295 g/mol. The molecule has 4 nitrogen and oxygen atoms in total. The lowest BCUT2D eigenvalue weighted by Gasteiger charge is -2.27. The van der Waals surface area contributed by atoms with Crippen molar-refractivity contribution in [1.82, 2.24) is 9.62 Å². The molecule has 2 rings (SSSR count). The lowest BCUT2D eigenvalue weighted by Crippen LogP contribution is -2.46. The number of aryl methyl sites for hydroxylation is 1. The van der Waals surface area contributed by atoms with Crippen molar-refractivity contribution in [1.29, 1.82) is 0 Å². The van der Waals surface area contributed by atoms with Crippen LogP contribution in [0.15, 0.2) is 23.1 Å². The van der Waals surface area contributed by atoms with Crippen LogP contribution in [-0.2, 0) is 10.0 Å². The molecule has 0 spiro atoms. The van der Waals surface area contributed by atoms with Crippen LogP contribution >= 0.6 is 12.4 Å². The highest BCUT2D eigenvalue weighted by molar-refractivity contribution is 7.89. The Balaban J connectivity index is 0.00000162. The maximum Gasteiger partial charge on any atom is 0.243 e. The molecule has 18 heavy (non-hydrogen) atoms. The van der Waals surface area contributed by atoms with Crippen LogP contribution in [0.5, 0.6) is 0 Å². The number of rotatable bonds is 2. The first-order valence-electron chi connectivity index (χ1n) is 5.49. The summed E-state index contributed by atoms with van der Waals surface area (Å²) in [5.41, 5.74) is 0.574. The SMILES string of the molecule is Cc1ccc(F)cc1S(=O)(=O)N1CCNCC1.Cl. The fourth-order valence-corrected chi connectivity index (χ4v) is 3.55. The molecular weight excluding hydrogens is 279 g/mol. The van der Waals surface area contributed by atoms with Gasteiger partial charge in [0.15, 0.2) is 0 Å². The molecule has 1 aliphatic heterocycles. The van der Waals surface area contributed by atoms with Gasteiger partial charge in [0, 0.05) is 26.2 Å². The summed E-state index contributed by atoms with van der Waals surface area (Å²) in [7, 11) is -3.56. The van der Waals surface area contributed by atoms with Gasteiger partial charge in [-0.1, -0.05) is 6.07 Å². The van der Waals surface area contributed by atoms with Crippen LogP contribution in [0.1, 0.15) is 5.56 Å². The monoisotopic (exact) mass is 294 g/mol. The highest BCUT2D eigenvalue weighted by Crippen LogP contribution is 2.21. The molecule has 0 amide bonds. The van der Waals surface area contributed by atoms with Crippen molar-refractivity contribution in [3.63, 3.8) is 0 Å². The van der Waals surface area contributed by atoms with Gasteiger partial charge in [-0.05, 0) is 24.6 Å². The van der Waals surface area contributed by atoms with Gasteiger partial charge in [-0.25, -0.2) is 12.8 Å². The molecule has 1 heterocycles. The van der Waals surface area contributed by atoms with Crippen LogP contribution < -0.4 is 5.32 Å². The van der Waals surface area contributed by atoms with Crippen molar-refractivity contribution >= 4 is 22.4 Å². The highest BCUT2D eigenvalue weighted by Gasteiger charge is 2.27. The quantitative estimate of drug-likeness (QED) is 0.890. The summed E-state index contributed by atoms with van der Waals surface area (Å²) in [4.78, 5) is 0.0689. The van der Waals surface area contributed by atoms with Crippen molar-refractivity contribution in [2.45, 2.75) is 11.8 Å². The molecule has 0 bridgehead atoms. The maximum absolute atomic E-state index is 13.1. The molecule has 1 aromatic carbocycles. The molecule has 1 aromatic rings. The Bertz CT molecular complexity index is 516. The first-order chi connectivity index (χ1) is 8.01. The summed E-state index contributed by atoms with van der Waals surface area (Å²) in [6.07, 6.45) is 0. The molecule has 1 fully saturated rings. The minimum atomic E-state index is -3.56. The Morgan fingerprint density at radius 1 is 1.28 bits per heavy atom. The number of hydrogen-bond acceptors (Lipinski definition) is 3. The van der Waals surface area contributed by atoms with E-state index in [2.05, 4.69) is 5.32 Å². The van der Waals surface area contributed by atoms with Crippen molar-refractivity contribution in [3.8, 4) is 0 Å². The van der Waals surface area contributed by atoms with Gasteiger partial charge in [0.05, 0.1) is 4.90 Å². The van der Waals surface area contributed by atoms with E-state index in [0.29, 0.717) is 31.7 Å². The van der Waals surface area contributed by atoms with E-state index in [9.17, 15) is 12.8 Å². The zero-order valence-electron chi connectivity index (χ0n) is 10.0. The second-order valence-electron chi connectivity index (χ2n) is 4.06. The van der Waals surface area contributed by atoms with E-state index in [1.54, 1.807) is 6.92 Å². The number of sulfonamides is 1. The zero-order valence-corrected chi connectivity index (χ0v) is 11.7. The van der Waals surface area contributed by atoms with Gasteiger partial charge in [0.25, 0.3) is 0 Å². The average Bonchev–Trinajstić information content (AvgIpc) is 2.33. The van der Waals surface area contributed by atoms with Crippen molar-refractivity contribution in [3.05, 3.63) is 29.6 Å². The van der Waals surface area contributed by atoms with Crippen molar-refractivity contribution in [2.24, 2.45) is 0 Å². The van der Waals surface area contributed by atoms with Gasteiger partial charge in [-0.3, -0.25) is 0 Å². The Labute approximate surface area is 113 Å². The van der Waals surface area contributed by atoms with Crippen LogP contribution in [-0.4, -0.2) is 38.9 Å². The van der Waals surface area contributed by atoms with E-state index in [1.165, 1.54) is 16.4 Å². The van der Waals surface area contributed by atoms with E-state index >= 15 is 0 Å². The van der Waals surface area contributed by atoms with Crippen molar-refractivity contribution in [2.75, 3.05) is 26.2 Å². The van der Waals surface area contributed by atoms with Crippen LogP contribution in [0.25, 0.3) is 0 Å². The van der Waals surface area contributed by atoms with Gasteiger partial charge in [0.1, 0.15) is 5.82 Å². The molecular formula is C11H16ClFN2O2S. The van der Waals surface area contributed by atoms with E-state index in [0.717, 1.165) is 6.07 Å².